The number of hydrogen-bond donors (Lipinski definition) is 2. The van der Waals surface area contributed by atoms with E-state index in [-0.39, 0.29) is 12.5 Å². The van der Waals surface area contributed by atoms with Crippen LogP contribution in [0.3, 0.4) is 0 Å². The molecule has 1 unspecified atom stereocenters. The topological polar surface area (TPSA) is 65.5 Å². The predicted octanol–water partition coefficient (Wildman–Crippen LogP) is 2.40. The molecule has 0 aliphatic carbocycles. The van der Waals surface area contributed by atoms with Gasteiger partial charge >= 0.3 is 0 Å². The molecule has 21 heavy (non-hydrogen) atoms. The van der Waals surface area contributed by atoms with E-state index in [1.807, 2.05) is 4.90 Å². The van der Waals surface area contributed by atoms with Crippen LogP contribution in [0.1, 0.15) is 36.5 Å². The highest BCUT2D eigenvalue weighted by molar-refractivity contribution is 6.33. The Labute approximate surface area is 130 Å². The van der Waals surface area contributed by atoms with Crippen molar-refractivity contribution in [2.45, 2.75) is 26.2 Å². The summed E-state index contributed by atoms with van der Waals surface area (Å²) < 4.78 is 0. The second kappa shape index (κ2) is 7.61. The number of nitrogens with one attached hydrogen (secondary N) is 1. The minimum atomic E-state index is -0.0533. The Balaban J connectivity index is 2.08. The van der Waals surface area contributed by atoms with E-state index in [4.69, 9.17) is 16.7 Å². The molecule has 116 valence electrons. The molecule has 1 amide bonds. The zero-order valence-electron chi connectivity index (χ0n) is 12.3. The van der Waals surface area contributed by atoms with E-state index in [0.717, 1.165) is 32.4 Å². The molecule has 1 aromatic rings. The molecule has 5 nitrogen and oxygen atoms in total. The zero-order chi connectivity index (χ0) is 15.2. The Kier molecular flexibility index (Phi) is 5.82. The summed E-state index contributed by atoms with van der Waals surface area (Å²) in [6.45, 7) is 4.47. The van der Waals surface area contributed by atoms with E-state index in [2.05, 4.69) is 17.2 Å². The summed E-state index contributed by atoms with van der Waals surface area (Å²) in [5.74, 6) is 1.01. The highest BCUT2D eigenvalue weighted by Gasteiger charge is 2.27. The molecule has 1 fully saturated rings. The van der Waals surface area contributed by atoms with Crippen molar-refractivity contribution >= 4 is 23.3 Å². The van der Waals surface area contributed by atoms with E-state index >= 15 is 0 Å². The lowest BCUT2D eigenvalue weighted by atomic mass is 10.1. The molecular formula is C15H22ClN3O2. The summed E-state index contributed by atoms with van der Waals surface area (Å²) in [6, 6.07) is 1.72. The maximum atomic E-state index is 12.6. The smallest absolute Gasteiger partial charge is 0.255 e. The Morgan fingerprint density at radius 1 is 1.62 bits per heavy atom. The van der Waals surface area contributed by atoms with Crippen molar-refractivity contribution in [1.82, 2.24) is 9.88 Å². The number of likely N-dealkylation sites (tertiary alicyclic amines) is 1. The minimum Gasteiger partial charge on any atom is -0.396 e. The molecule has 0 saturated carbocycles. The van der Waals surface area contributed by atoms with Gasteiger partial charge in [-0.05, 0) is 31.2 Å². The van der Waals surface area contributed by atoms with Gasteiger partial charge in [0.1, 0.15) is 5.82 Å². The molecule has 1 aliphatic rings. The molecule has 2 heterocycles. The summed E-state index contributed by atoms with van der Waals surface area (Å²) in [7, 11) is 0. The van der Waals surface area contributed by atoms with Crippen LogP contribution < -0.4 is 5.32 Å². The number of aliphatic hydroxyl groups excluding tert-OH is 1. The number of amides is 1. The first-order valence-corrected chi connectivity index (χ1v) is 7.83. The van der Waals surface area contributed by atoms with Crippen LogP contribution >= 0.6 is 11.6 Å². The number of rotatable bonds is 6. The number of anilines is 1. The average Bonchev–Trinajstić information content (AvgIpc) is 2.95. The van der Waals surface area contributed by atoms with Crippen LogP contribution in [0, 0.1) is 5.92 Å². The molecule has 6 heteroatoms. The third-order valence-electron chi connectivity index (χ3n) is 3.75. The van der Waals surface area contributed by atoms with Gasteiger partial charge in [-0.25, -0.2) is 4.98 Å². The first-order chi connectivity index (χ1) is 10.2. The summed E-state index contributed by atoms with van der Waals surface area (Å²) in [4.78, 5) is 18.6. The molecule has 0 spiro atoms. The number of halogens is 1. The van der Waals surface area contributed by atoms with Gasteiger partial charge in [0, 0.05) is 32.4 Å². The van der Waals surface area contributed by atoms with Crippen LogP contribution in [0.15, 0.2) is 12.3 Å². The number of carbonyl (C=O) groups is 1. The minimum absolute atomic E-state index is 0.0533. The van der Waals surface area contributed by atoms with Crippen molar-refractivity contribution in [2.24, 2.45) is 5.92 Å². The molecule has 0 aromatic carbocycles. The molecule has 1 aliphatic heterocycles. The van der Waals surface area contributed by atoms with Crippen molar-refractivity contribution in [1.29, 1.82) is 0 Å². The lowest BCUT2D eigenvalue weighted by molar-refractivity contribution is 0.0785. The molecule has 0 radical (unpaired) electrons. The molecule has 2 rings (SSSR count). The van der Waals surface area contributed by atoms with E-state index in [1.165, 1.54) is 6.20 Å². The van der Waals surface area contributed by atoms with Gasteiger partial charge in [-0.2, -0.15) is 0 Å². The van der Waals surface area contributed by atoms with Gasteiger partial charge in [0.15, 0.2) is 0 Å². The van der Waals surface area contributed by atoms with E-state index < -0.39 is 0 Å². The predicted molar refractivity (Wildman–Crippen MR) is 83.7 cm³/mol. The summed E-state index contributed by atoms with van der Waals surface area (Å²) in [6.07, 6.45) is 4.20. The van der Waals surface area contributed by atoms with Crippen LogP contribution in [0.4, 0.5) is 5.82 Å². The second-order valence-corrected chi connectivity index (χ2v) is 5.80. The summed E-state index contributed by atoms with van der Waals surface area (Å²) >= 11 is 6.12. The first-order valence-electron chi connectivity index (χ1n) is 7.45. The van der Waals surface area contributed by atoms with Gasteiger partial charge < -0.3 is 15.3 Å². The fourth-order valence-electron chi connectivity index (χ4n) is 2.56. The number of aromatic nitrogens is 1. The van der Waals surface area contributed by atoms with Crippen molar-refractivity contribution in [2.75, 3.05) is 31.6 Å². The molecule has 0 bridgehead atoms. The highest BCUT2D eigenvalue weighted by atomic mass is 35.5. The largest absolute Gasteiger partial charge is 0.396 e. The van der Waals surface area contributed by atoms with Crippen LogP contribution in [0.2, 0.25) is 5.02 Å². The molecule has 1 atom stereocenters. The number of aliphatic hydroxyl groups is 1. The van der Waals surface area contributed by atoms with E-state index in [1.54, 1.807) is 6.07 Å². The maximum absolute atomic E-state index is 12.6. The lowest BCUT2D eigenvalue weighted by Crippen LogP contribution is -2.29. The molecule has 2 N–H and O–H groups in total. The fraction of sp³-hybridized carbons (Fsp3) is 0.600. The fourth-order valence-corrected chi connectivity index (χ4v) is 2.74. The normalized spacial score (nSPS) is 18.0. The Hall–Kier alpha value is -1.33. The number of pyridine rings is 1. The van der Waals surface area contributed by atoms with Gasteiger partial charge in [-0.1, -0.05) is 18.5 Å². The van der Waals surface area contributed by atoms with Crippen molar-refractivity contribution in [3.05, 3.63) is 22.8 Å². The van der Waals surface area contributed by atoms with Crippen LogP contribution in [0.25, 0.3) is 0 Å². The Bertz CT molecular complexity index is 496. The van der Waals surface area contributed by atoms with Crippen molar-refractivity contribution in [3.8, 4) is 0 Å². The van der Waals surface area contributed by atoms with Gasteiger partial charge in [-0.15, -0.1) is 0 Å². The second-order valence-electron chi connectivity index (χ2n) is 5.39. The zero-order valence-corrected chi connectivity index (χ0v) is 13.1. The summed E-state index contributed by atoms with van der Waals surface area (Å²) in [5.41, 5.74) is 0.495. The van der Waals surface area contributed by atoms with Gasteiger partial charge in [-0.3, -0.25) is 4.79 Å². The number of hydrogen-bond acceptors (Lipinski definition) is 4. The van der Waals surface area contributed by atoms with E-state index in [0.29, 0.717) is 28.9 Å². The van der Waals surface area contributed by atoms with Crippen molar-refractivity contribution < 1.29 is 9.90 Å². The van der Waals surface area contributed by atoms with Gasteiger partial charge in [0.25, 0.3) is 5.91 Å². The standard InChI is InChI=1S/C15H22ClN3O2/c1-2-5-17-14-8-12(13(16)9-18-14)15(21)19-6-3-11(10-19)4-7-20/h8-9,11,20H,2-7,10H2,1H3,(H,17,18). The third kappa shape index (κ3) is 4.08. The van der Waals surface area contributed by atoms with Crippen molar-refractivity contribution in [3.63, 3.8) is 0 Å². The van der Waals surface area contributed by atoms with Crippen LogP contribution in [-0.4, -0.2) is 47.1 Å². The quantitative estimate of drug-likeness (QED) is 0.846. The molecule has 1 saturated heterocycles. The number of carbonyl (C=O) groups excluding carboxylic acids is 1. The SMILES string of the molecule is CCCNc1cc(C(=O)N2CCC(CCO)C2)c(Cl)cn1. The highest BCUT2D eigenvalue weighted by Crippen LogP contribution is 2.25. The molecular weight excluding hydrogens is 290 g/mol. The van der Waals surface area contributed by atoms with Gasteiger partial charge in [0.2, 0.25) is 0 Å². The van der Waals surface area contributed by atoms with Crippen LogP contribution in [-0.2, 0) is 0 Å². The average molecular weight is 312 g/mol. The van der Waals surface area contributed by atoms with Gasteiger partial charge in [0.05, 0.1) is 10.6 Å². The monoisotopic (exact) mass is 311 g/mol. The molecule has 1 aromatic heterocycles. The Morgan fingerprint density at radius 2 is 2.43 bits per heavy atom. The third-order valence-corrected chi connectivity index (χ3v) is 4.05. The van der Waals surface area contributed by atoms with Crippen LogP contribution in [0.5, 0.6) is 0 Å². The lowest BCUT2D eigenvalue weighted by Gasteiger charge is -2.17. The summed E-state index contributed by atoms with van der Waals surface area (Å²) in [5, 5.41) is 12.5. The maximum Gasteiger partial charge on any atom is 0.255 e. The Morgan fingerprint density at radius 3 is 3.14 bits per heavy atom. The number of nitrogens with zero attached hydrogens (tertiary/aromatic N) is 2. The first kappa shape index (κ1) is 16.0. The van der Waals surface area contributed by atoms with E-state index in [9.17, 15) is 4.79 Å².